The molecule has 0 amide bonds. The third kappa shape index (κ3) is 2.53. The van der Waals surface area contributed by atoms with E-state index >= 15 is 0 Å². The highest BCUT2D eigenvalue weighted by atomic mass is 15.3. The predicted molar refractivity (Wildman–Crippen MR) is 72.1 cm³/mol. The average molecular weight is 236 g/mol. The molecule has 2 saturated carbocycles. The molecule has 0 bridgehead atoms. The monoisotopic (exact) mass is 236 g/mol. The van der Waals surface area contributed by atoms with Gasteiger partial charge in [-0.3, -0.25) is 4.90 Å². The standard InChI is InChI=1S/C15H28N2/c1-12-10-16-15(2,14-6-7-14)11-17(12)9-8-13-4-3-5-13/h12-14,16H,3-11H2,1-2H3. The molecule has 2 aliphatic carbocycles. The summed E-state index contributed by atoms with van der Waals surface area (Å²) in [6, 6.07) is 0.738. The fraction of sp³-hybridized carbons (Fsp3) is 1.00. The maximum atomic E-state index is 3.81. The summed E-state index contributed by atoms with van der Waals surface area (Å²) in [5.41, 5.74) is 0.423. The fourth-order valence-electron chi connectivity index (χ4n) is 3.57. The van der Waals surface area contributed by atoms with Crippen molar-refractivity contribution in [1.82, 2.24) is 10.2 Å². The van der Waals surface area contributed by atoms with Crippen molar-refractivity contribution in [3.63, 3.8) is 0 Å². The largest absolute Gasteiger partial charge is 0.308 e. The molecule has 0 spiro atoms. The number of hydrogen-bond donors (Lipinski definition) is 1. The lowest BCUT2D eigenvalue weighted by molar-refractivity contribution is 0.0734. The van der Waals surface area contributed by atoms with Crippen molar-refractivity contribution in [1.29, 1.82) is 0 Å². The van der Waals surface area contributed by atoms with E-state index in [2.05, 4.69) is 24.1 Å². The van der Waals surface area contributed by atoms with Gasteiger partial charge in [-0.05, 0) is 51.5 Å². The Morgan fingerprint density at radius 1 is 1.24 bits per heavy atom. The highest BCUT2D eigenvalue weighted by Crippen LogP contribution is 2.41. The fourth-order valence-corrected chi connectivity index (χ4v) is 3.57. The van der Waals surface area contributed by atoms with E-state index in [1.54, 1.807) is 0 Å². The molecule has 98 valence electrons. The van der Waals surface area contributed by atoms with Gasteiger partial charge in [-0.2, -0.15) is 0 Å². The predicted octanol–water partition coefficient (Wildman–Crippen LogP) is 2.64. The SMILES string of the molecule is CC1CNC(C)(C2CC2)CN1CCC1CCC1. The van der Waals surface area contributed by atoms with Crippen LogP contribution in [0.5, 0.6) is 0 Å². The van der Waals surface area contributed by atoms with Crippen LogP contribution in [0.1, 0.15) is 52.4 Å². The van der Waals surface area contributed by atoms with Gasteiger partial charge in [0.2, 0.25) is 0 Å². The van der Waals surface area contributed by atoms with Crippen LogP contribution < -0.4 is 5.32 Å². The minimum Gasteiger partial charge on any atom is -0.308 e. The Morgan fingerprint density at radius 2 is 2.00 bits per heavy atom. The van der Waals surface area contributed by atoms with Crippen molar-refractivity contribution in [3.05, 3.63) is 0 Å². The Kier molecular flexibility index (Phi) is 3.20. The molecule has 2 heteroatoms. The molecule has 1 aliphatic heterocycles. The highest BCUT2D eigenvalue weighted by Gasteiger charge is 2.45. The number of piperazine rings is 1. The van der Waals surface area contributed by atoms with E-state index in [1.165, 1.54) is 58.2 Å². The van der Waals surface area contributed by atoms with Crippen molar-refractivity contribution in [3.8, 4) is 0 Å². The molecule has 2 atom stereocenters. The van der Waals surface area contributed by atoms with Gasteiger partial charge in [0.15, 0.2) is 0 Å². The van der Waals surface area contributed by atoms with E-state index in [0.717, 1.165) is 17.9 Å². The molecule has 3 fully saturated rings. The third-order valence-corrected chi connectivity index (χ3v) is 5.48. The number of rotatable bonds is 4. The Balaban J connectivity index is 1.53. The van der Waals surface area contributed by atoms with Gasteiger partial charge in [0, 0.05) is 24.7 Å². The summed E-state index contributed by atoms with van der Waals surface area (Å²) < 4.78 is 0. The summed E-state index contributed by atoms with van der Waals surface area (Å²) in [4.78, 5) is 2.76. The van der Waals surface area contributed by atoms with Gasteiger partial charge in [0.05, 0.1) is 0 Å². The van der Waals surface area contributed by atoms with Crippen LogP contribution in [0.3, 0.4) is 0 Å². The minimum absolute atomic E-state index is 0.423. The molecule has 0 aromatic rings. The van der Waals surface area contributed by atoms with Crippen molar-refractivity contribution in [2.75, 3.05) is 19.6 Å². The van der Waals surface area contributed by atoms with Crippen molar-refractivity contribution < 1.29 is 0 Å². The van der Waals surface area contributed by atoms with E-state index in [0.29, 0.717) is 5.54 Å². The van der Waals surface area contributed by atoms with Gasteiger partial charge >= 0.3 is 0 Å². The van der Waals surface area contributed by atoms with Gasteiger partial charge in [-0.25, -0.2) is 0 Å². The molecule has 1 heterocycles. The smallest absolute Gasteiger partial charge is 0.0309 e. The molecular formula is C15H28N2. The van der Waals surface area contributed by atoms with Gasteiger partial charge in [-0.1, -0.05) is 19.3 Å². The quantitative estimate of drug-likeness (QED) is 0.807. The summed E-state index contributed by atoms with van der Waals surface area (Å²) >= 11 is 0. The Bertz CT molecular complexity index is 270. The molecule has 3 rings (SSSR count). The Labute approximate surface area is 106 Å². The molecule has 3 aliphatic rings. The molecule has 17 heavy (non-hydrogen) atoms. The second-order valence-electron chi connectivity index (χ2n) is 6.98. The van der Waals surface area contributed by atoms with Gasteiger partial charge in [0.25, 0.3) is 0 Å². The number of nitrogens with zero attached hydrogens (tertiary/aromatic N) is 1. The van der Waals surface area contributed by atoms with Gasteiger partial charge in [0.1, 0.15) is 0 Å². The first-order valence-corrected chi connectivity index (χ1v) is 7.66. The molecular weight excluding hydrogens is 208 g/mol. The van der Waals surface area contributed by atoms with Crippen LogP contribution in [0.2, 0.25) is 0 Å². The maximum Gasteiger partial charge on any atom is 0.0309 e. The maximum absolute atomic E-state index is 3.81. The van der Waals surface area contributed by atoms with Gasteiger partial charge in [-0.15, -0.1) is 0 Å². The second kappa shape index (κ2) is 4.55. The highest BCUT2D eigenvalue weighted by molar-refractivity contribution is 5.03. The zero-order valence-corrected chi connectivity index (χ0v) is 11.5. The van der Waals surface area contributed by atoms with Crippen molar-refractivity contribution in [2.45, 2.75) is 64.0 Å². The minimum atomic E-state index is 0.423. The molecule has 0 radical (unpaired) electrons. The normalized spacial score (nSPS) is 40.2. The lowest BCUT2D eigenvalue weighted by Crippen LogP contribution is -2.63. The molecule has 1 saturated heterocycles. The van der Waals surface area contributed by atoms with E-state index in [9.17, 15) is 0 Å². The van der Waals surface area contributed by atoms with Crippen LogP contribution in [0.25, 0.3) is 0 Å². The van der Waals surface area contributed by atoms with Crippen LogP contribution in [0.4, 0.5) is 0 Å². The zero-order valence-electron chi connectivity index (χ0n) is 11.5. The van der Waals surface area contributed by atoms with Crippen LogP contribution in [-0.2, 0) is 0 Å². The van der Waals surface area contributed by atoms with Crippen LogP contribution >= 0.6 is 0 Å². The summed E-state index contributed by atoms with van der Waals surface area (Å²) in [6.45, 7) is 8.66. The molecule has 1 N–H and O–H groups in total. The van der Waals surface area contributed by atoms with Crippen LogP contribution in [0, 0.1) is 11.8 Å². The average Bonchev–Trinajstić information content (AvgIpc) is 3.05. The van der Waals surface area contributed by atoms with Crippen LogP contribution in [-0.4, -0.2) is 36.1 Å². The molecule has 2 nitrogen and oxygen atoms in total. The van der Waals surface area contributed by atoms with E-state index in [1.807, 2.05) is 0 Å². The summed E-state index contributed by atoms with van der Waals surface area (Å²) in [5, 5.41) is 3.81. The Hall–Kier alpha value is -0.0800. The van der Waals surface area contributed by atoms with Crippen molar-refractivity contribution >= 4 is 0 Å². The lowest BCUT2D eigenvalue weighted by Gasteiger charge is -2.46. The molecule has 2 unspecified atom stereocenters. The summed E-state index contributed by atoms with van der Waals surface area (Å²) in [7, 11) is 0. The zero-order chi connectivity index (χ0) is 11.9. The number of hydrogen-bond acceptors (Lipinski definition) is 2. The molecule has 0 aromatic carbocycles. The molecule has 0 aromatic heterocycles. The van der Waals surface area contributed by atoms with Crippen LogP contribution in [0.15, 0.2) is 0 Å². The third-order valence-electron chi connectivity index (χ3n) is 5.48. The number of nitrogens with one attached hydrogen (secondary N) is 1. The van der Waals surface area contributed by atoms with E-state index in [4.69, 9.17) is 0 Å². The topological polar surface area (TPSA) is 15.3 Å². The van der Waals surface area contributed by atoms with E-state index in [-0.39, 0.29) is 0 Å². The first kappa shape index (κ1) is 12.0. The first-order valence-electron chi connectivity index (χ1n) is 7.66. The van der Waals surface area contributed by atoms with Crippen molar-refractivity contribution in [2.24, 2.45) is 11.8 Å². The second-order valence-corrected chi connectivity index (χ2v) is 6.98. The Morgan fingerprint density at radius 3 is 2.59 bits per heavy atom. The first-order chi connectivity index (χ1) is 8.17. The summed E-state index contributed by atoms with van der Waals surface area (Å²) in [6.07, 6.45) is 8.84. The van der Waals surface area contributed by atoms with E-state index < -0.39 is 0 Å². The summed E-state index contributed by atoms with van der Waals surface area (Å²) in [5.74, 6) is 2.02. The van der Waals surface area contributed by atoms with Gasteiger partial charge < -0.3 is 5.32 Å². The lowest BCUT2D eigenvalue weighted by atomic mass is 9.82.